The summed E-state index contributed by atoms with van der Waals surface area (Å²) in [4.78, 5) is 16.4. The first-order valence-electron chi connectivity index (χ1n) is 5.48. The summed E-state index contributed by atoms with van der Waals surface area (Å²) < 4.78 is 9.98. The summed E-state index contributed by atoms with van der Waals surface area (Å²) in [5.41, 5.74) is 0.695. The van der Waals surface area contributed by atoms with E-state index in [2.05, 4.69) is 10.3 Å². The third-order valence-corrected chi connectivity index (χ3v) is 3.11. The summed E-state index contributed by atoms with van der Waals surface area (Å²) in [6, 6.07) is 0.153. The summed E-state index contributed by atoms with van der Waals surface area (Å²) in [6.07, 6.45) is 0. The Morgan fingerprint density at radius 1 is 1.59 bits per heavy atom. The van der Waals surface area contributed by atoms with Crippen LogP contribution in [0.4, 0.5) is 5.13 Å². The van der Waals surface area contributed by atoms with Crippen LogP contribution < -0.4 is 5.32 Å². The molecule has 0 radical (unpaired) electrons. The van der Waals surface area contributed by atoms with Gasteiger partial charge in [-0.2, -0.15) is 0 Å². The fourth-order valence-electron chi connectivity index (χ4n) is 1.35. The summed E-state index contributed by atoms with van der Waals surface area (Å²) in [6.45, 7) is 6.54. The fourth-order valence-corrected chi connectivity index (χ4v) is 2.32. The molecule has 0 aliphatic heterocycles. The molecule has 1 unspecified atom stereocenters. The highest BCUT2D eigenvalue weighted by Crippen LogP contribution is 2.23. The third-order valence-electron chi connectivity index (χ3n) is 2.04. The van der Waals surface area contributed by atoms with E-state index in [0.717, 1.165) is 5.13 Å². The van der Waals surface area contributed by atoms with Crippen molar-refractivity contribution in [3.63, 3.8) is 0 Å². The highest BCUT2D eigenvalue weighted by molar-refractivity contribution is 7.17. The highest BCUT2D eigenvalue weighted by Gasteiger charge is 2.16. The molecular weight excluding hydrogens is 240 g/mol. The van der Waals surface area contributed by atoms with Gasteiger partial charge < -0.3 is 14.8 Å². The van der Waals surface area contributed by atoms with Crippen LogP contribution in [0.15, 0.2) is 0 Å². The Labute approximate surface area is 105 Å². The molecule has 96 valence electrons. The zero-order valence-corrected chi connectivity index (χ0v) is 11.4. The molecule has 1 N–H and O–H groups in total. The third kappa shape index (κ3) is 3.98. The molecule has 6 heteroatoms. The molecule has 1 aromatic heterocycles. The number of aromatic nitrogens is 1. The van der Waals surface area contributed by atoms with Gasteiger partial charge in [-0.3, -0.25) is 0 Å². The normalized spacial score (nSPS) is 12.2. The minimum atomic E-state index is -0.310. The molecule has 5 nitrogen and oxygen atoms in total. The molecule has 0 spiro atoms. The van der Waals surface area contributed by atoms with E-state index >= 15 is 0 Å². The van der Waals surface area contributed by atoms with Gasteiger partial charge >= 0.3 is 5.97 Å². The second kappa shape index (κ2) is 6.56. The Hall–Kier alpha value is -1.14. The van der Waals surface area contributed by atoms with Crippen molar-refractivity contribution < 1.29 is 14.3 Å². The standard InChI is InChI=1S/C11H18N2O3S/c1-5-16-10(14)9-8(3)13-11(17-9)12-7(2)6-15-4/h7H,5-6H2,1-4H3,(H,12,13). The lowest BCUT2D eigenvalue weighted by Gasteiger charge is -2.10. The maximum atomic E-state index is 11.6. The molecular formula is C11H18N2O3S. The lowest BCUT2D eigenvalue weighted by molar-refractivity contribution is 0.0531. The summed E-state index contributed by atoms with van der Waals surface area (Å²) in [5.74, 6) is -0.310. The number of esters is 1. The number of aryl methyl sites for hydroxylation is 1. The van der Waals surface area contributed by atoms with Crippen LogP contribution in [0.3, 0.4) is 0 Å². The zero-order valence-electron chi connectivity index (χ0n) is 10.6. The van der Waals surface area contributed by atoms with Gasteiger partial charge in [0.2, 0.25) is 0 Å². The second-order valence-corrected chi connectivity index (χ2v) is 4.65. The summed E-state index contributed by atoms with van der Waals surface area (Å²) >= 11 is 1.31. The van der Waals surface area contributed by atoms with Crippen LogP contribution in [0.25, 0.3) is 0 Å². The number of hydrogen-bond acceptors (Lipinski definition) is 6. The van der Waals surface area contributed by atoms with Crippen LogP contribution in [0.5, 0.6) is 0 Å². The number of nitrogens with zero attached hydrogens (tertiary/aromatic N) is 1. The molecule has 0 saturated carbocycles. The maximum absolute atomic E-state index is 11.6. The van der Waals surface area contributed by atoms with Crippen molar-refractivity contribution in [3.05, 3.63) is 10.6 Å². The molecule has 0 aromatic carbocycles. The van der Waals surface area contributed by atoms with Gasteiger partial charge in [-0.1, -0.05) is 11.3 Å². The quantitative estimate of drug-likeness (QED) is 0.792. The Bertz CT molecular complexity index is 379. The largest absolute Gasteiger partial charge is 0.462 e. The van der Waals surface area contributed by atoms with Crippen molar-refractivity contribution in [1.29, 1.82) is 0 Å². The van der Waals surface area contributed by atoms with Crippen molar-refractivity contribution in [2.24, 2.45) is 0 Å². The van der Waals surface area contributed by atoms with Gasteiger partial charge in [0.05, 0.1) is 18.9 Å². The molecule has 0 fully saturated rings. The van der Waals surface area contributed by atoms with E-state index in [-0.39, 0.29) is 12.0 Å². The minimum absolute atomic E-state index is 0.153. The predicted octanol–water partition coefficient (Wildman–Crippen LogP) is 2.08. The number of thiazole rings is 1. The van der Waals surface area contributed by atoms with Gasteiger partial charge in [0.1, 0.15) is 4.88 Å². The lowest BCUT2D eigenvalue weighted by atomic mass is 10.4. The Balaban J connectivity index is 2.70. The highest BCUT2D eigenvalue weighted by atomic mass is 32.1. The van der Waals surface area contributed by atoms with Gasteiger partial charge in [0, 0.05) is 13.2 Å². The van der Waals surface area contributed by atoms with Crippen LogP contribution >= 0.6 is 11.3 Å². The first-order chi connectivity index (χ1) is 8.08. The van der Waals surface area contributed by atoms with Gasteiger partial charge in [-0.05, 0) is 20.8 Å². The van der Waals surface area contributed by atoms with Gasteiger partial charge in [0.15, 0.2) is 5.13 Å². The van der Waals surface area contributed by atoms with E-state index in [1.807, 2.05) is 6.92 Å². The number of nitrogens with one attached hydrogen (secondary N) is 1. The van der Waals surface area contributed by atoms with Crippen LogP contribution in [-0.4, -0.2) is 37.3 Å². The van der Waals surface area contributed by atoms with Crippen molar-refractivity contribution in [3.8, 4) is 0 Å². The van der Waals surface area contributed by atoms with E-state index in [1.54, 1.807) is 21.0 Å². The van der Waals surface area contributed by atoms with E-state index in [1.165, 1.54) is 11.3 Å². The minimum Gasteiger partial charge on any atom is -0.462 e. The Morgan fingerprint density at radius 2 is 2.29 bits per heavy atom. The number of hydrogen-bond donors (Lipinski definition) is 1. The number of anilines is 1. The maximum Gasteiger partial charge on any atom is 0.350 e. The number of ether oxygens (including phenoxy) is 2. The van der Waals surface area contributed by atoms with Crippen LogP contribution in [-0.2, 0) is 9.47 Å². The van der Waals surface area contributed by atoms with E-state index < -0.39 is 0 Å². The number of rotatable bonds is 6. The monoisotopic (exact) mass is 258 g/mol. The molecule has 1 aromatic rings. The molecule has 0 saturated heterocycles. The first-order valence-corrected chi connectivity index (χ1v) is 6.30. The molecule has 17 heavy (non-hydrogen) atoms. The van der Waals surface area contributed by atoms with Crippen molar-refractivity contribution in [1.82, 2.24) is 4.98 Å². The predicted molar refractivity (Wildman–Crippen MR) is 67.8 cm³/mol. The van der Waals surface area contributed by atoms with Gasteiger partial charge in [0.25, 0.3) is 0 Å². The van der Waals surface area contributed by atoms with Gasteiger partial charge in [-0.15, -0.1) is 0 Å². The van der Waals surface area contributed by atoms with Gasteiger partial charge in [-0.25, -0.2) is 9.78 Å². The topological polar surface area (TPSA) is 60.5 Å². The molecule has 0 amide bonds. The van der Waals surface area contributed by atoms with Crippen LogP contribution in [0, 0.1) is 6.92 Å². The SMILES string of the molecule is CCOC(=O)c1sc(NC(C)COC)nc1C. The second-order valence-electron chi connectivity index (χ2n) is 3.65. The van der Waals surface area contributed by atoms with E-state index in [4.69, 9.17) is 9.47 Å². The molecule has 0 aliphatic carbocycles. The first kappa shape index (κ1) is 13.9. The number of carbonyl (C=O) groups is 1. The van der Waals surface area contributed by atoms with Crippen molar-refractivity contribution in [2.75, 3.05) is 25.6 Å². The van der Waals surface area contributed by atoms with Crippen molar-refractivity contribution >= 4 is 22.4 Å². The zero-order chi connectivity index (χ0) is 12.8. The average molecular weight is 258 g/mol. The molecule has 0 aliphatic rings. The number of methoxy groups -OCH3 is 1. The van der Waals surface area contributed by atoms with Crippen LogP contribution in [0.1, 0.15) is 29.2 Å². The molecule has 0 bridgehead atoms. The fraction of sp³-hybridized carbons (Fsp3) is 0.636. The van der Waals surface area contributed by atoms with Crippen molar-refractivity contribution in [2.45, 2.75) is 26.8 Å². The van der Waals surface area contributed by atoms with E-state index in [9.17, 15) is 4.79 Å². The van der Waals surface area contributed by atoms with E-state index in [0.29, 0.717) is 23.8 Å². The average Bonchev–Trinajstić information content (AvgIpc) is 2.60. The number of carbonyl (C=O) groups excluding carboxylic acids is 1. The summed E-state index contributed by atoms with van der Waals surface area (Å²) in [7, 11) is 1.65. The molecule has 1 rings (SSSR count). The molecule has 1 atom stereocenters. The lowest BCUT2D eigenvalue weighted by Crippen LogP contribution is -2.20. The Kier molecular flexibility index (Phi) is 5.37. The smallest absolute Gasteiger partial charge is 0.350 e. The molecule has 1 heterocycles. The van der Waals surface area contributed by atoms with Crippen LogP contribution in [0.2, 0.25) is 0 Å². The summed E-state index contributed by atoms with van der Waals surface area (Å²) in [5, 5.41) is 3.89. The Morgan fingerprint density at radius 3 is 2.88 bits per heavy atom.